The molecule has 0 radical (unpaired) electrons. The van der Waals surface area contributed by atoms with E-state index in [2.05, 4.69) is 11.6 Å². The summed E-state index contributed by atoms with van der Waals surface area (Å²) in [5.74, 6) is -0.797. The highest BCUT2D eigenvalue weighted by Gasteiger charge is 2.39. The summed E-state index contributed by atoms with van der Waals surface area (Å²) in [7, 11) is 1.13. The number of halogens is 4. The molecule has 114 valence electrons. The van der Waals surface area contributed by atoms with E-state index in [0.717, 1.165) is 13.1 Å². The van der Waals surface area contributed by atoms with Gasteiger partial charge in [-0.1, -0.05) is 24.3 Å². The SMILES string of the molecule is C=C/C(CC(=O)OC(C)(C)C)=C(\C(Cl)=NC)C(F)(F)F. The number of rotatable bonds is 4. The molecule has 0 aromatic heterocycles. The fourth-order valence-electron chi connectivity index (χ4n) is 1.34. The van der Waals surface area contributed by atoms with E-state index in [1.807, 2.05) is 0 Å². The summed E-state index contributed by atoms with van der Waals surface area (Å²) in [6.07, 6.45) is -4.39. The Morgan fingerprint density at radius 2 is 1.85 bits per heavy atom. The zero-order chi connectivity index (χ0) is 16.1. The Labute approximate surface area is 121 Å². The van der Waals surface area contributed by atoms with Gasteiger partial charge in [0.05, 0.1) is 12.0 Å². The molecule has 0 aliphatic heterocycles. The van der Waals surface area contributed by atoms with Crippen molar-refractivity contribution < 1.29 is 22.7 Å². The molecule has 0 heterocycles. The largest absolute Gasteiger partial charge is 0.460 e. The monoisotopic (exact) mass is 311 g/mol. The molecule has 0 aliphatic rings. The average molecular weight is 312 g/mol. The molecule has 0 atom stereocenters. The predicted octanol–water partition coefficient (Wildman–Crippen LogP) is 4.03. The van der Waals surface area contributed by atoms with Crippen LogP contribution in [0.15, 0.2) is 28.8 Å². The molecular formula is C13H17ClF3NO2. The van der Waals surface area contributed by atoms with E-state index in [1.54, 1.807) is 20.8 Å². The van der Waals surface area contributed by atoms with Gasteiger partial charge in [-0.3, -0.25) is 9.79 Å². The first-order valence-electron chi connectivity index (χ1n) is 5.69. The van der Waals surface area contributed by atoms with Gasteiger partial charge in [0.15, 0.2) is 0 Å². The van der Waals surface area contributed by atoms with Gasteiger partial charge in [-0.25, -0.2) is 0 Å². The Hall–Kier alpha value is -1.30. The first kappa shape index (κ1) is 18.7. The van der Waals surface area contributed by atoms with Gasteiger partial charge in [0.2, 0.25) is 0 Å². The number of hydrogen-bond acceptors (Lipinski definition) is 3. The van der Waals surface area contributed by atoms with Gasteiger partial charge < -0.3 is 4.74 Å². The lowest BCUT2D eigenvalue weighted by Crippen LogP contribution is -2.25. The third kappa shape index (κ3) is 6.23. The number of carbonyl (C=O) groups excluding carboxylic acids is 1. The molecule has 0 aromatic rings. The van der Waals surface area contributed by atoms with Crippen molar-refractivity contribution in [2.45, 2.75) is 39.0 Å². The zero-order valence-electron chi connectivity index (χ0n) is 11.8. The predicted molar refractivity (Wildman–Crippen MR) is 73.0 cm³/mol. The van der Waals surface area contributed by atoms with Crippen molar-refractivity contribution in [1.82, 2.24) is 0 Å². The third-order valence-electron chi connectivity index (χ3n) is 2.01. The Morgan fingerprint density at radius 3 is 2.15 bits per heavy atom. The number of aliphatic imine (C=N–C) groups is 1. The Morgan fingerprint density at radius 1 is 1.35 bits per heavy atom. The molecular weight excluding hydrogens is 295 g/mol. The van der Waals surface area contributed by atoms with Crippen molar-refractivity contribution in [3.8, 4) is 0 Å². The zero-order valence-corrected chi connectivity index (χ0v) is 12.5. The Kier molecular flexibility index (Phi) is 6.47. The highest BCUT2D eigenvalue weighted by molar-refractivity contribution is 6.69. The molecule has 20 heavy (non-hydrogen) atoms. The summed E-state index contributed by atoms with van der Waals surface area (Å²) in [4.78, 5) is 14.9. The van der Waals surface area contributed by atoms with Crippen LogP contribution in [-0.4, -0.2) is 30.0 Å². The minimum Gasteiger partial charge on any atom is -0.460 e. The smallest absolute Gasteiger partial charge is 0.419 e. The van der Waals surface area contributed by atoms with Crippen molar-refractivity contribution >= 4 is 22.7 Å². The van der Waals surface area contributed by atoms with Crippen LogP contribution >= 0.6 is 11.6 Å². The number of alkyl halides is 3. The van der Waals surface area contributed by atoms with Crippen molar-refractivity contribution in [3.63, 3.8) is 0 Å². The number of hydrogen-bond donors (Lipinski definition) is 0. The summed E-state index contributed by atoms with van der Waals surface area (Å²) >= 11 is 5.48. The van der Waals surface area contributed by atoms with E-state index in [4.69, 9.17) is 16.3 Å². The molecule has 3 nitrogen and oxygen atoms in total. The first-order chi connectivity index (χ1) is 8.92. The lowest BCUT2D eigenvalue weighted by Gasteiger charge is -2.20. The normalized spacial score (nSPS) is 14.7. The summed E-state index contributed by atoms with van der Waals surface area (Å²) in [5.41, 5.74) is -2.34. The maximum absolute atomic E-state index is 13.0. The maximum atomic E-state index is 13.0. The molecule has 0 spiro atoms. The van der Waals surface area contributed by atoms with Crippen LogP contribution in [0.1, 0.15) is 27.2 Å². The van der Waals surface area contributed by atoms with Crippen LogP contribution in [0.4, 0.5) is 13.2 Å². The lowest BCUT2D eigenvalue weighted by molar-refractivity contribution is -0.153. The molecule has 0 aliphatic carbocycles. The maximum Gasteiger partial charge on any atom is 0.419 e. The summed E-state index contributed by atoms with van der Waals surface area (Å²) in [6, 6.07) is 0. The van der Waals surface area contributed by atoms with Crippen LogP contribution in [-0.2, 0) is 9.53 Å². The quantitative estimate of drug-likeness (QED) is 0.446. The van der Waals surface area contributed by atoms with E-state index < -0.39 is 34.9 Å². The van der Waals surface area contributed by atoms with Gasteiger partial charge in [0.25, 0.3) is 0 Å². The average Bonchev–Trinajstić information content (AvgIpc) is 2.23. The van der Waals surface area contributed by atoms with E-state index in [-0.39, 0.29) is 5.57 Å². The lowest BCUT2D eigenvalue weighted by atomic mass is 10.0. The van der Waals surface area contributed by atoms with E-state index in [9.17, 15) is 18.0 Å². The molecule has 7 heteroatoms. The number of carbonyl (C=O) groups is 1. The van der Waals surface area contributed by atoms with Gasteiger partial charge in [-0.05, 0) is 26.3 Å². The van der Waals surface area contributed by atoms with Crippen LogP contribution in [0, 0.1) is 0 Å². The molecule has 0 N–H and O–H groups in total. The van der Waals surface area contributed by atoms with Crippen molar-refractivity contribution in [1.29, 1.82) is 0 Å². The standard InChI is InChI=1S/C13H17ClF3NO2/c1-6-8(7-9(19)20-12(2,3)4)10(11(14)18-5)13(15,16)17/h6H,1,7H2,2-5H3/b10-8-,18-11?. The number of ether oxygens (including phenoxy) is 1. The molecule has 0 bridgehead atoms. The number of esters is 1. The minimum atomic E-state index is -4.73. The van der Waals surface area contributed by atoms with Gasteiger partial charge in [0.1, 0.15) is 10.8 Å². The van der Waals surface area contributed by atoms with Crippen LogP contribution in [0.2, 0.25) is 0 Å². The number of nitrogens with zero attached hydrogens (tertiary/aromatic N) is 1. The first-order valence-corrected chi connectivity index (χ1v) is 6.07. The molecule has 0 rings (SSSR count). The van der Waals surface area contributed by atoms with Gasteiger partial charge in [-0.2, -0.15) is 13.2 Å². The van der Waals surface area contributed by atoms with Crippen molar-refractivity contribution in [2.24, 2.45) is 4.99 Å². The van der Waals surface area contributed by atoms with Crippen molar-refractivity contribution in [2.75, 3.05) is 7.05 Å². The highest BCUT2D eigenvalue weighted by Crippen LogP contribution is 2.32. The van der Waals surface area contributed by atoms with Crippen LogP contribution in [0.3, 0.4) is 0 Å². The molecule has 0 unspecified atom stereocenters. The van der Waals surface area contributed by atoms with Gasteiger partial charge >= 0.3 is 12.1 Å². The Balaban J connectivity index is 5.53. The Bertz CT molecular complexity index is 446. The molecule has 0 fully saturated rings. The second-order valence-electron chi connectivity index (χ2n) is 4.88. The molecule has 0 aromatic carbocycles. The van der Waals surface area contributed by atoms with Gasteiger partial charge in [0, 0.05) is 7.05 Å². The van der Waals surface area contributed by atoms with Crippen LogP contribution in [0.5, 0.6) is 0 Å². The van der Waals surface area contributed by atoms with E-state index in [1.165, 1.54) is 0 Å². The fraction of sp³-hybridized carbons (Fsp3) is 0.538. The molecule has 0 amide bonds. The minimum absolute atomic E-state index is 0.373. The van der Waals surface area contributed by atoms with E-state index in [0.29, 0.717) is 0 Å². The van der Waals surface area contributed by atoms with Gasteiger partial charge in [-0.15, -0.1) is 0 Å². The third-order valence-corrected chi connectivity index (χ3v) is 2.37. The summed E-state index contributed by atoms with van der Waals surface area (Å²) < 4.78 is 43.9. The van der Waals surface area contributed by atoms with Crippen molar-refractivity contribution in [3.05, 3.63) is 23.8 Å². The highest BCUT2D eigenvalue weighted by atomic mass is 35.5. The van der Waals surface area contributed by atoms with E-state index >= 15 is 0 Å². The summed E-state index contributed by atoms with van der Waals surface area (Å²) in [5, 5.41) is -0.726. The topological polar surface area (TPSA) is 38.7 Å². The molecule has 0 saturated heterocycles. The van der Waals surface area contributed by atoms with Crippen LogP contribution in [0.25, 0.3) is 0 Å². The fourth-order valence-corrected chi connectivity index (χ4v) is 1.57. The van der Waals surface area contributed by atoms with Crippen LogP contribution < -0.4 is 0 Å². The second-order valence-corrected chi connectivity index (χ2v) is 5.24. The summed E-state index contributed by atoms with van der Waals surface area (Å²) in [6.45, 7) is 8.14. The molecule has 0 saturated carbocycles. The second kappa shape index (κ2) is 6.92. The number of allylic oxidation sites excluding steroid dienone is 2.